The maximum Gasteiger partial charge on any atom is 0.306 e. The molecule has 3 aliphatic rings. The quantitative estimate of drug-likeness (QED) is 0.592. The van der Waals surface area contributed by atoms with Crippen LogP contribution in [0.3, 0.4) is 0 Å². The Balaban J connectivity index is 1.29. The van der Waals surface area contributed by atoms with E-state index in [0.29, 0.717) is 24.9 Å². The molecule has 5 heteroatoms. The fourth-order valence-corrected chi connectivity index (χ4v) is 6.18. The molecule has 4 nitrogen and oxygen atoms in total. The third-order valence-electron chi connectivity index (χ3n) is 6.82. The Morgan fingerprint density at radius 3 is 2.26 bits per heavy atom. The molecule has 146 valence electrons. The summed E-state index contributed by atoms with van der Waals surface area (Å²) in [5.74, 6) is 0.875. The van der Waals surface area contributed by atoms with Crippen molar-refractivity contribution < 1.29 is 14.3 Å². The first kappa shape index (κ1) is 18.7. The summed E-state index contributed by atoms with van der Waals surface area (Å²) in [5, 5.41) is 1.51. The van der Waals surface area contributed by atoms with Crippen LogP contribution in [0, 0.1) is 11.3 Å². The van der Waals surface area contributed by atoms with Crippen molar-refractivity contribution in [2.45, 2.75) is 57.7 Å². The maximum absolute atomic E-state index is 12.8. The number of nitrogens with zero attached hydrogens (tertiary/aromatic N) is 1. The highest BCUT2D eigenvalue weighted by Gasteiger charge is 2.53. The summed E-state index contributed by atoms with van der Waals surface area (Å²) in [6, 6.07) is 9.25. The van der Waals surface area contributed by atoms with E-state index in [1.54, 1.807) is 0 Å². The van der Waals surface area contributed by atoms with Gasteiger partial charge in [-0.15, -0.1) is 0 Å². The summed E-state index contributed by atoms with van der Waals surface area (Å²) < 4.78 is 5.12. The topological polar surface area (TPSA) is 46.6 Å². The van der Waals surface area contributed by atoms with Crippen molar-refractivity contribution >= 4 is 25.1 Å². The maximum atomic E-state index is 12.8. The summed E-state index contributed by atoms with van der Waals surface area (Å²) in [4.78, 5) is 26.2. The van der Waals surface area contributed by atoms with Crippen molar-refractivity contribution in [2.75, 3.05) is 19.7 Å². The highest BCUT2D eigenvalue weighted by molar-refractivity contribution is 6.88. The molecule has 0 unspecified atom stereocenters. The van der Waals surface area contributed by atoms with Gasteiger partial charge in [0, 0.05) is 24.4 Å². The highest BCUT2D eigenvalue weighted by atomic mass is 28.3. The first-order valence-electron chi connectivity index (χ1n) is 10.3. The van der Waals surface area contributed by atoms with Crippen LogP contribution in [0.25, 0.3) is 0 Å². The summed E-state index contributed by atoms with van der Waals surface area (Å²) in [6.07, 6.45) is 4.27. The number of cyclic esters (lactones) is 1. The third kappa shape index (κ3) is 3.71. The van der Waals surface area contributed by atoms with E-state index in [2.05, 4.69) is 48.8 Å². The number of hydrogen-bond acceptors (Lipinski definition) is 3. The van der Waals surface area contributed by atoms with Crippen LogP contribution in [0.4, 0.5) is 0 Å². The van der Waals surface area contributed by atoms with Gasteiger partial charge in [-0.05, 0) is 37.2 Å². The predicted molar refractivity (Wildman–Crippen MR) is 109 cm³/mol. The number of hydrogen-bond donors (Lipinski definition) is 0. The molecule has 1 spiro atoms. The smallest absolute Gasteiger partial charge is 0.306 e. The predicted octanol–water partition coefficient (Wildman–Crippen LogP) is 3.28. The van der Waals surface area contributed by atoms with Crippen LogP contribution in [0.2, 0.25) is 19.6 Å². The lowest BCUT2D eigenvalue weighted by molar-refractivity contribution is -0.144. The number of carbonyl (C=O) groups is 2. The number of carbonyl (C=O) groups excluding carboxylic acids is 2. The summed E-state index contributed by atoms with van der Waals surface area (Å²) >= 11 is 0. The number of likely N-dealkylation sites (tertiary alicyclic amines) is 1. The lowest BCUT2D eigenvalue weighted by Crippen LogP contribution is -2.49. The zero-order valence-electron chi connectivity index (χ0n) is 16.8. The molecule has 1 amide bonds. The second kappa shape index (κ2) is 6.76. The van der Waals surface area contributed by atoms with E-state index in [1.165, 1.54) is 10.8 Å². The van der Waals surface area contributed by atoms with E-state index in [-0.39, 0.29) is 17.3 Å². The molecule has 27 heavy (non-hydrogen) atoms. The summed E-state index contributed by atoms with van der Waals surface area (Å²) in [6.45, 7) is 9.38. The van der Waals surface area contributed by atoms with E-state index in [9.17, 15) is 9.59 Å². The molecule has 0 aromatic heterocycles. The molecule has 4 rings (SSSR count). The molecule has 1 saturated carbocycles. The average Bonchev–Trinajstić information content (AvgIpc) is 3.02. The molecular weight excluding hydrogens is 354 g/mol. The normalized spacial score (nSPS) is 28.9. The molecule has 2 aliphatic heterocycles. The van der Waals surface area contributed by atoms with Gasteiger partial charge >= 0.3 is 5.97 Å². The number of esters is 1. The van der Waals surface area contributed by atoms with E-state index < -0.39 is 8.07 Å². The fraction of sp³-hybridized carbons (Fsp3) is 0.636. The van der Waals surface area contributed by atoms with Crippen LogP contribution in [0.5, 0.6) is 0 Å². The van der Waals surface area contributed by atoms with Crippen molar-refractivity contribution in [2.24, 2.45) is 11.3 Å². The van der Waals surface area contributed by atoms with Crippen LogP contribution < -0.4 is 5.19 Å². The van der Waals surface area contributed by atoms with Gasteiger partial charge < -0.3 is 9.64 Å². The van der Waals surface area contributed by atoms with Gasteiger partial charge in [-0.2, -0.15) is 0 Å². The Kier molecular flexibility index (Phi) is 4.69. The molecule has 3 fully saturated rings. The van der Waals surface area contributed by atoms with Crippen LogP contribution in [-0.2, 0) is 14.3 Å². The largest absolute Gasteiger partial charge is 0.465 e. The SMILES string of the molecule is C[Si](C)(C)c1ccc(C2CCN(C(=O)C3CC4(COC(=O)C4)C3)CC2)cc1. The van der Waals surface area contributed by atoms with Crippen LogP contribution in [-0.4, -0.2) is 44.5 Å². The van der Waals surface area contributed by atoms with E-state index in [1.807, 2.05) is 0 Å². The van der Waals surface area contributed by atoms with Gasteiger partial charge in [0.2, 0.25) is 5.91 Å². The second-order valence-corrected chi connectivity index (χ2v) is 15.0. The molecule has 1 aliphatic carbocycles. The zero-order chi connectivity index (χ0) is 19.2. The van der Waals surface area contributed by atoms with Gasteiger partial charge in [0.25, 0.3) is 0 Å². The Bertz CT molecular complexity index is 723. The first-order valence-corrected chi connectivity index (χ1v) is 13.8. The monoisotopic (exact) mass is 385 g/mol. The van der Waals surface area contributed by atoms with Crippen molar-refractivity contribution in [3.63, 3.8) is 0 Å². The Morgan fingerprint density at radius 1 is 1.11 bits per heavy atom. The number of rotatable bonds is 3. The third-order valence-corrected chi connectivity index (χ3v) is 8.89. The standard InChI is InChI=1S/C22H31NO3Si/c1-27(2,3)19-6-4-16(5-7-19)17-8-10-23(11-9-17)21(25)18-12-22(13-18)14-20(24)26-15-22/h4-7,17-18H,8-15H2,1-3H3. The number of piperidine rings is 1. The number of ether oxygens (including phenoxy) is 1. The van der Waals surface area contributed by atoms with Crippen molar-refractivity contribution in [3.8, 4) is 0 Å². The van der Waals surface area contributed by atoms with Crippen LogP contribution in [0.1, 0.15) is 43.6 Å². The molecule has 1 aromatic rings. The van der Waals surface area contributed by atoms with Crippen molar-refractivity contribution in [1.29, 1.82) is 0 Å². The molecule has 0 radical (unpaired) electrons. The Morgan fingerprint density at radius 2 is 1.74 bits per heavy atom. The van der Waals surface area contributed by atoms with E-state index in [0.717, 1.165) is 38.8 Å². The Hall–Kier alpha value is -1.62. The molecule has 1 aromatic carbocycles. The summed E-state index contributed by atoms with van der Waals surface area (Å²) in [7, 11) is -1.24. The van der Waals surface area contributed by atoms with Gasteiger partial charge in [0.05, 0.1) is 21.1 Å². The minimum absolute atomic E-state index is 0.0200. The van der Waals surface area contributed by atoms with Gasteiger partial charge in [0.1, 0.15) is 0 Å². The molecule has 2 saturated heterocycles. The zero-order valence-corrected chi connectivity index (χ0v) is 17.8. The highest BCUT2D eigenvalue weighted by Crippen LogP contribution is 2.52. The van der Waals surface area contributed by atoms with Gasteiger partial charge in [-0.1, -0.05) is 49.1 Å². The van der Waals surface area contributed by atoms with Crippen molar-refractivity contribution in [1.82, 2.24) is 4.90 Å². The summed E-state index contributed by atoms with van der Waals surface area (Å²) in [5.41, 5.74) is 1.40. The lowest BCUT2D eigenvalue weighted by Gasteiger charge is -2.45. The molecule has 0 bridgehead atoms. The Labute approximate surface area is 163 Å². The first-order chi connectivity index (χ1) is 12.8. The molecule has 0 N–H and O–H groups in total. The van der Waals surface area contributed by atoms with E-state index >= 15 is 0 Å². The fourth-order valence-electron chi connectivity index (χ4n) is 5.01. The van der Waals surface area contributed by atoms with Gasteiger partial charge in [-0.25, -0.2) is 0 Å². The van der Waals surface area contributed by atoms with Crippen LogP contribution in [0.15, 0.2) is 24.3 Å². The van der Waals surface area contributed by atoms with E-state index in [4.69, 9.17) is 4.74 Å². The van der Waals surface area contributed by atoms with Gasteiger partial charge in [-0.3, -0.25) is 9.59 Å². The minimum atomic E-state index is -1.24. The lowest BCUT2D eigenvalue weighted by atomic mass is 9.61. The average molecular weight is 386 g/mol. The van der Waals surface area contributed by atoms with Gasteiger partial charge in [0.15, 0.2) is 0 Å². The molecule has 0 atom stereocenters. The molecular formula is C22H31NO3Si. The number of amides is 1. The van der Waals surface area contributed by atoms with Crippen LogP contribution >= 0.6 is 0 Å². The molecule has 2 heterocycles. The second-order valence-electron chi connectivity index (χ2n) is 9.91. The minimum Gasteiger partial charge on any atom is -0.465 e. The number of benzene rings is 1. The van der Waals surface area contributed by atoms with Crippen molar-refractivity contribution in [3.05, 3.63) is 29.8 Å².